The fourth-order valence-electron chi connectivity index (χ4n) is 1.96. The lowest BCUT2D eigenvalue weighted by Gasteiger charge is -2.17. The van der Waals surface area contributed by atoms with E-state index in [1.807, 2.05) is 20.8 Å². The number of halogens is 2. The Morgan fingerprint density at radius 1 is 1.30 bits per heavy atom. The molecule has 0 aliphatic rings. The van der Waals surface area contributed by atoms with E-state index in [0.717, 1.165) is 5.56 Å². The van der Waals surface area contributed by atoms with Gasteiger partial charge in [-0.1, -0.05) is 44.0 Å². The summed E-state index contributed by atoms with van der Waals surface area (Å²) >= 11 is 12.1. The maximum Gasteiger partial charge on any atom is 0.515 e. The molecular weight excluding hydrogens is 339 g/mol. The van der Waals surface area contributed by atoms with Gasteiger partial charge in [0.15, 0.2) is 0 Å². The molecule has 0 bridgehead atoms. The first-order valence-corrected chi connectivity index (χ1v) is 7.88. The number of aromatic nitrogens is 2. The summed E-state index contributed by atoms with van der Waals surface area (Å²) in [5.74, 6) is 0.196. The van der Waals surface area contributed by atoms with E-state index in [9.17, 15) is 4.79 Å². The second-order valence-corrected chi connectivity index (χ2v) is 6.77. The third kappa shape index (κ3) is 4.18. The third-order valence-corrected chi connectivity index (χ3v) is 3.62. The Labute approximate surface area is 145 Å². The number of benzene rings is 1. The van der Waals surface area contributed by atoms with Crippen molar-refractivity contribution in [1.29, 1.82) is 0 Å². The summed E-state index contributed by atoms with van der Waals surface area (Å²) < 4.78 is 11.6. The van der Waals surface area contributed by atoms with Gasteiger partial charge in [-0.3, -0.25) is 0 Å². The van der Waals surface area contributed by atoms with Gasteiger partial charge in [-0.25, -0.2) is 9.48 Å². The number of rotatable bonds is 3. The van der Waals surface area contributed by atoms with Crippen LogP contribution in [0.4, 0.5) is 4.79 Å². The Balaban J connectivity index is 2.46. The molecule has 23 heavy (non-hydrogen) atoms. The number of carbonyl (C=O) groups is 1. The van der Waals surface area contributed by atoms with Crippen molar-refractivity contribution in [3.63, 3.8) is 0 Å². The minimum Gasteiger partial charge on any atom is -0.434 e. The van der Waals surface area contributed by atoms with Gasteiger partial charge in [0.2, 0.25) is 5.88 Å². The van der Waals surface area contributed by atoms with Crippen LogP contribution in [0.3, 0.4) is 0 Å². The minimum atomic E-state index is -0.787. The van der Waals surface area contributed by atoms with Gasteiger partial charge in [-0.2, -0.15) is 0 Å². The summed E-state index contributed by atoms with van der Waals surface area (Å²) in [5, 5.41) is 5.31. The zero-order valence-electron chi connectivity index (χ0n) is 13.4. The Kier molecular flexibility index (Phi) is 5.22. The Bertz CT molecular complexity index is 721. The normalized spacial score (nSPS) is 11.4. The van der Waals surface area contributed by atoms with Crippen molar-refractivity contribution in [2.24, 2.45) is 0 Å². The molecule has 1 heterocycles. The van der Waals surface area contributed by atoms with Gasteiger partial charge in [0.05, 0.1) is 17.3 Å². The molecule has 0 fully saturated rings. The number of ether oxygens (including phenoxy) is 2. The van der Waals surface area contributed by atoms with Gasteiger partial charge in [0.25, 0.3) is 0 Å². The first-order valence-electron chi connectivity index (χ1n) is 7.12. The van der Waals surface area contributed by atoms with E-state index in [1.165, 1.54) is 0 Å². The standard InChI is InChI=1S/C16H18Cl2N2O3/c1-5-22-15(21)23-14-11(16(2,3)4)9-20(19-14)13-7-6-10(17)8-12(13)18/h6-9H,5H2,1-4H3. The molecule has 0 saturated carbocycles. The van der Waals surface area contributed by atoms with Crippen molar-refractivity contribution < 1.29 is 14.3 Å². The van der Waals surface area contributed by atoms with E-state index >= 15 is 0 Å². The van der Waals surface area contributed by atoms with Crippen LogP contribution in [-0.2, 0) is 10.2 Å². The molecule has 2 aromatic rings. The summed E-state index contributed by atoms with van der Waals surface area (Å²) in [6.45, 7) is 7.92. The molecule has 0 unspecified atom stereocenters. The van der Waals surface area contributed by atoms with E-state index in [-0.39, 0.29) is 17.9 Å². The van der Waals surface area contributed by atoms with Crippen molar-refractivity contribution >= 4 is 29.4 Å². The smallest absolute Gasteiger partial charge is 0.434 e. The molecule has 2 rings (SSSR count). The van der Waals surface area contributed by atoms with E-state index in [2.05, 4.69) is 5.10 Å². The molecular formula is C16H18Cl2N2O3. The predicted octanol–water partition coefficient (Wildman–Crippen LogP) is 5.01. The maximum absolute atomic E-state index is 11.6. The SMILES string of the molecule is CCOC(=O)Oc1nn(-c2ccc(Cl)cc2Cl)cc1C(C)(C)C. The molecule has 0 aliphatic heterocycles. The molecule has 1 aromatic carbocycles. The van der Waals surface area contributed by atoms with E-state index in [0.29, 0.717) is 15.7 Å². The molecule has 0 atom stereocenters. The Morgan fingerprint density at radius 3 is 2.57 bits per heavy atom. The van der Waals surface area contributed by atoms with Crippen LogP contribution in [0, 0.1) is 0 Å². The quantitative estimate of drug-likeness (QED) is 0.725. The molecule has 5 nitrogen and oxygen atoms in total. The fraction of sp³-hybridized carbons (Fsp3) is 0.375. The largest absolute Gasteiger partial charge is 0.515 e. The first kappa shape index (κ1) is 17.6. The molecule has 0 saturated heterocycles. The third-order valence-electron chi connectivity index (χ3n) is 3.09. The van der Waals surface area contributed by atoms with Crippen molar-refractivity contribution in [2.75, 3.05) is 6.61 Å². The highest BCUT2D eigenvalue weighted by Crippen LogP contribution is 2.33. The van der Waals surface area contributed by atoms with Crippen LogP contribution in [0.15, 0.2) is 24.4 Å². The molecule has 0 aliphatic carbocycles. The molecule has 124 valence electrons. The maximum atomic E-state index is 11.6. The second kappa shape index (κ2) is 6.81. The van der Waals surface area contributed by atoms with Gasteiger partial charge in [0, 0.05) is 16.8 Å². The van der Waals surface area contributed by atoms with Gasteiger partial charge in [0.1, 0.15) is 0 Å². The van der Waals surface area contributed by atoms with Crippen molar-refractivity contribution in [1.82, 2.24) is 9.78 Å². The van der Waals surface area contributed by atoms with E-state index < -0.39 is 6.16 Å². The van der Waals surface area contributed by atoms with Crippen LogP contribution in [0.2, 0.25) is 10.0 Å². The minimum absolute atomic E-state index is 0.196. The lowest BCUT2D eigenvalue weighted by molar-refractivity contribution is 0.102. The van der Waals surface area contributed by atoms with E-state index in [1.54, 1.807) is 36.0 Å². The molecule has 0 spiro atoms. The summed E-state index contributed by atoms with van der Waals surface area (Å²) in [6, 6.07) is 5.09. The van der Waals surface area contributed by atoms with Crippen LogP contribution < -0.4 is 4.74 Å². The number of hydrogen-bond acceptors (Lipinski definition) is 4. The van der Waals surface area contributed by atoms with Crippen molar-refractivity contribution in [2.45, 2.75) is 33.1 Å². The van der Waals surface area contributed by atoms with E-state index in [4.69, 9.17) is 32.7 Å². The van der Waals surface area contributed by atoms with Crippen LogP contribution in [0.5, 0.6) is 5.88 Å². The fourth-order valence-corrected chi connectivity index (χ4v) is 2.46. The summed E-state index contributed by atoms with van der Waals surface area (Å²) in [4.78, 5) is 11.6. The average Bonchev–Trinajstić information content (AvgIpc) is 2.82. The molecule has 1 aromatic heterocycles. The lowest BCUT2D eigenvalue weighted by Crippen LogP contribution is -2.16. The van der Waals surface area contributed by atoms with Gasteiger partial charge in [-0.05, 0) is 30.5 Å². The molecule has 0 amide bonds. The summed E-state index contributed by atoms with van der Waals surface area (Å²) in [7, 11) is 0. The number of nitrogens with zero attached hydrogens (tertiary/aromatic N) is 2. The highest BCUT2D eigenvalue weighted by atomic mass is 35.5. The van der Waals surface area contributed by atoms with Crippen molar-refractivity contribution in [3.05, 3.63) is 40.0 Å². The zero-order valence-corrected chi connectivity index (χ0v) is 14.9. The predicted molar refractivity (Wildman–Crippen MR) is 89.9 cm³/mol. The number of carbonyl (C=O) groups excluding carboxylic acids is 1. The highest BCUT2D eigenvalue weighted by molar-refractivity contribution is 6.35. The molecule has 0 N–H and O–H groups in total. The summed E-state index contributed by atoms with van der Waals surface area (Å²) in [6.07, 6.45) is 0.995. The van der Waals surface area contributed by atoms with Crippen LogP contribution >= 0.6 is 23.2 Å². The monoisotopic (exact) mass is 356 g/mol. The summed E-state index contributed by atoms with van der Waals surface area (Å²) in [5.41, 5.74) is 1.12. The van der Waals surface area contributed by atoms with Gasteiger partial charge < -0.3 is 9.47 Å². The topological polar surface area (TPSA) is 53.4 Å². The molecule has 0 radical (unpaired) electrons. The molecule has 7 heteroatoms. The Morgan fingerprint density at radius 2 is 2.00 bits per heavy atom. The van der Waals surface area contributed by atoms with Crippen LogP contribution in [0.1, 0.15) is 33.3 Å². The second-order valence-electron chi connectivity index (χ2n) is 5.92. The van der Waals surface area contributed by atoms with Crippen molar-refractivity contribution in [3.8, 4) is 11.6 Å². The van der Waals surface area contributed by atoms with Gasteiger partial charge in [-0.15, -0.1) is 5.10 Å². The average molecular weight is 357 g/mol. The zero-order chi connectivity index (χ0) is 17.2. The lowest BCUT2D eigenvalue weighted by atomic mass is 9.89. The van der Waals surface area contributed by atoms with Crippen LogP contribution in [-0.4, -0.2) is 22.5 Å². The van der Waals surface area contributed by atoms with Gasteiger partial charge >= 0.3 is 6.16 Å². The number of hydrogen-bond donors (Lipinski definition) is 0. The Hall–Kier alpha value is -1.72. The highest BCUT2D eigenvalue weighted by Gasteiger charge is 2.26. The van der Waals surface area contributed by atoms with Crippen LogP contribution in [0.25, 0.3) is 5.69 Å². The first-order chi connectivity index (χ1) is 10.7.